The zero-order valence-corrected chi connectivity index (χ0v) is 8.52. The molecule has 1 amide bonds. The van der Waals surface area contributed by atoms with E-state index in [0.29, 0.717) is 6.42 Å². The molecule has 0 aliphatic carbocycles. The number of amides is 1. The van der Waals surface area contributed by atoms with Crippen molar-refractivity contribution in [2.45, 2.75) is 18.9 Å². The van der Waals surface area contributed by atoms with Gasteiger partial charge in [-0.3, -0.25) is 4.79 Å². The second-order valence-corrected chi connectivity index (χ2v) is 3.92. The van der Waals surface area contributed by atoms with Gasteiger partial charge < -0.3 is 10.4 Å². The Morgan fingerprint density at radius 2 is 2.00 bits per heavy atom. The molecule has 3 heteroatoms. The molecule has 2 rings (SSSR count). The summed E-state index contributed by atoms with van der Waals surface area (Å²) in [5.41, 5.74) is 1.18. The smallest absolute Gasteiger partial charge is 0.225 e. The van der Waals surface area contributed by atoms with Crippen LogP contribution in [0.4, 0.5) is 0 Å². The number of aliphatic hydroxyl groups is 1. The molecular formula is C12H15NO2. The van der Waals surface area contributed by atoms with E-state index in [0.717, 1.165) is 6.42 Å². The number of aliphatic hydroxyl groups excluding tert-OH is 1. The topological polar surface area (TPSA) is 49.3 Å². The molecule has 0 radical (unpaired) electrons. The Kier molecular flexibility index (Phi) is 3.02. The fourth-order valence-electron chi connectivity index (χ4n) is 1.99. The molecule has 2 N–H and O–H groups in total. The number of carbonyl (C=O) groups is 1. The van der Waals surface area contributed by atoms with Crippen molar-refractivity contribution in [3.63, 3.8) is 0 Å². The van der Waals surface area contributed by atoms with Crippen molar-refractivity contribution in [3.8, 4) is 0 Å². The van der Waals surface area contributed by atoms with Crippen molar-refractivity contribution in [2.24, 2.45) is 5.92 Å². The molecule has 1 heterocycles. The Morgan fingerprint density at radius 3 is 2.60 bits per heavy atom. The summed E-state index contributed by atoms with van der Waals surface area (Å²) in [6, 6.07) is 10.1. The second-order valence-electron chi connectivity index (χ2n) is 3.92. The van der Waals surface area contributed by atoms with Crippen LogP contribution in [0.2, 0.25) is 0 Å². The van der Waals surface area contributed by atoms with E-state index in [4.69, 9.17) is 5.11 Å². The first-order chi connectivity index (χ1) is 7.31. The summed E-state index contributed by atoms with van der Waals surface area (Å²) in [6.45, 7) is 0.135. The third kappa shape index (κ3) is 2.18. The SMILES string of the molecule is O=C1NC(CCO)C1Cc1ccccc1. The molecule has 0 aromatic heterocycles. The minimum atomic E-state index is 0.0412. The molecule has 1 aliphatic heterocycles. The molecular weight excluding hydrogens is 190 g/mol. The van der Waals surface area contributed by atoms with Crippen LogP contribution < -0.4 is 5.32 Å². The highest BCUT2D eigenvalue weighted by Crippen LogP contribution is 2.22. The highest BCUT2D eigenvalue weighted by molar-refractivity contribution is 5.86. The standard InChI is InChI=1S/C12H15NO2/c14-7-6-11-10(12(15)13-11)8-9-4-2-1-3-5-9/h1-5,10-11,14H,6-8H2,(H,13,15). The highest BCUT2D eigenvalue weighted by Gasteiger charge is 2.38. The number of nitrogens with one attached hydrogen (secondary N) is 1. The van der Waals surface area contributed by atoms with Crippen LogP contribution in [0.25, 0.3) is 0 Å². The Morgan fingerprint density at radius 1 is 1.27 bits per heavy atom. The van der Waals surface area contributed by atoms with Crippen LogP contribution in [0.1, 0.15) is 12.0 Å². The number of hydrogen-bond donors (Lipinski definition) is 2. The number of hydrogen-bond acceptors (Lipinski definition) is 2. The summed E-state index contributed by atoms with van der Waals surface area (Å²) >= 11 is 0. The van der Waals surface area contributed by atoms with E-state index in [2.05, 4.69) is 5.32 Å². The lowest BCUT2D eigenvalue weighted by Crippen LogP contribution is -2.59. The van der Waals surface area contributed by atoms with Crippen LogP contribution in [-0.2, 0) is 11.2 Å². The van der Waals surface area contributed by atoms with Crippen LogP contribution in [0.15, 0.2) is 30.3 Å². The van der Waals surface area contributed by atoms with Crippen LogP contribution in [0.3, 0.4) is 0 Å². The van der Waals surface area contributed by atoms with Gasteiger partial charge in [0.05, 0.1) is 5.92 Å². The molecule has 1 saturated heterocycles. The second kappa shape index (κ2) is 4.45. The summed E-state index contributed by atoms with van der Waals surface area (Å²) in [5.74, 6) is 0.150. The maximum Gasteiger partial charge on any atom is 0.225 e. The van der Waals surface area contributed by atoms with E-state index < -0.39 is 0 Å². The molecule has 0 saturated carbocycles. The van der Waals surface area contributed by atoms with Gasteiger partial charge in [-0.1, -0.05) is 30.3 Å². The van der Waals surface area contributed by atoms with Crippen LogP contribution in [0, 0.1) is 5.92 Å². The Hall–Kier alpha value is -1.35. The van der Waals surface area contributed by atoms with E-state index in [9.17, 15) is 4.79 Å². The molecule has 80 valence electrons. The molecule has 1 aliphatic rings. The summed E-state index contributed by atoms with van der Waals surface area (Å²) in [5, 5.41) is 11.6. The Labute approximate surface area is 89.1 Å². The lowest BCUT2D eigenvalue weighted by molar-refractivity contribution is -0.135. The van der Waals surface area contributed by atoms with E-state index in [1.807, 2.05) is 30.3 Å². The monoisotopic (exact) mass is 205 g/mol. The largest absolute Gasteiger partial charge is 0.396 e. The molecule has 2 unspecified atom stereocenters. The van der Waals surface area contributed by atoms with Gasteiger partial charge in [-0.05, 0) is 18.4 Å². The van der Waals surface area contributed by atoms with Crippen molar-refractivity contribution >= 4 is 5.91 Å². The molecule has 0 spiro atoms. The van der Waals surface area contributed by atoms with Crippen molar-refractivity contribution in [1.29, 1.82) is 0 Å². The third-order valence-electron chi connectivity index (χ3n) is 2.89. The van der Waals surface area contributed by atoms with Gasteiger partial charge in [0.2, 0.25) is 5.91 Å². The minimum Gasteiger partial charge on any atom is -0.396 e. The van der Waals surface area contributed by atoms with Gasteiger partial charge in [0.15, 0.2) is 0 Å². The van der Waals surface area contributed by atoms with Gasteiger partial charge in [-0.25, -0.2) is 0 Å². The molecule has 3 nitrogen and oxygen atoms in total. The minimum absolute atomic E-state index is 0.0412. The highest BCUT2D eigenvalue weighted by atomic mass is 16.3. The summed E-state index contributed by atoms with van der Waals surface area (Å²) < 4.78 is 0. The van der Waals surface area contributed by atoms with Crippen LogP contribution in [-0.4, -0.2) is 23.7 Å². The lowest BCUT2D eigenvalue weighted by atomic mass is 9.83. The van der Waals surface area contributed by atoms with Crippen molar-refractivity contribution < 1.29 is 9.90 Å². The summed E-state index contributed by atoms with van der Waals surface area (Å²) in [4.78, 5) is 11.3. The maximum absolute atomic E-state index is 11.3. The molecule has 15 heavy (non-hydrogen) atoms. The number of rotatable bonds is 4. The van der Waals surface area contributed by atoms with E-state index in [1.54, 1.807) is 0 Å². The molecule has 2 atom stereocenters. The van der Waals surface area contributed by atoms with Gasteiger partial charge in [-0.2, -0.15) is 0 Å². The zero-order chi connectivity index (χ0) is 10.7. The van der Waals surface area contributed by atoms with E-state index >= 15 is 0 Å². The summed E-state index contributed by atoms with van der Waals surface area (Å²) in [6.07, 6.45) is 1.43. The fraction of sp³-hybridized carbons (Fsp3) is 0.417. The van der Waals surface area contributed by atoms with E-state index in [-0.39, 0.29) is 24.5 Å². The zero-order valence-electron chi connectivity index (χ0n) is 8.52. The summed E-state index contributed by atoms with van der Waals surface area (Å²) in [7, 11) is 0. The fourth-order valence-corrected chi connectivity index (χ4v) is 1.99. The number of benzene rings is 1. The quantitative estimate of drug-likeness (QED) is 0.712. The van der Waals surface area contributed by atoms with Crippen molar-refractivity contribution in [3.05, 3.63) is 35.9 Å². The van der Waals surface area contributed by atoms with E-state index in [1.165, 1.54) is 5.56 Å². The van der Waals surface area contributed by atoms with Crippen LogP contribution in [0.5, 0.6) is 0 Å². The normalized spacial score (nSPS) is 24.5. The predicted molar refractivity (Wildman–Crippen MR) is 57.3 cm³/mol. The molecule has 1 fully saturated rings. The van der Waals surface area contributed by atoms with Crippen molar-refractivity contribution in [2.75, 3.05) is 6.61 Å². The average molecular weight is 205 g/mol. The third-order valence-corrected chi connectivity index (χ3v) is 2.89. The number of β-lactam (4-membered cyclic amide) rings is 1. The molecule has 1 aromatic rings. The van der Waals surface area contributed by atoms with Crippen LogP contribution >= 0.6 is 0 Å². The maximum atomic E-state index is 11.3. The van der Waals surface area contributed by atoms with Gasteiger partial charge in [0.1, 0.15) is 0 Å². The predicted octanol–water partition coefficient (Wildman–Crippen LogP) is 0.726. The number of carbonyl (C=O) groups excluding carboxylic acids is 1. The first-order valence-electron chi connectivity index (χ1n) is 5.26. The average Bonchev–Trinajstić information content (AvgIpc) is 2.27. The van der Waals surface area contributed by atoms with Gasteiger partial charge in [0.25, 0.3) is 0 Å². The van der Waals surface area contributed by atoms with Gasteiger partial charge in [-0.15, -0.1) is 0 Å². The van der Waals surface area contributed by atoms with Gasteiger partial charge in [0, 0.05) is 12.6 Å². The first kappa shape index (κ1) is 10.2. The first-order valence-corrected chi connectivity index (χ1v) is 5.26. The Balaban J connectivity index is 1.96. The van der Waals surface area contributed by atoms with Gasteiger partial charge >= 0.3 is 0 Å². The molecule has 1 aromatic carbocycles. The molecule has 0 bridgehead atoms. The van der Waals surface area contributed by atoms with Crippen molar-refractivity contribution in [1.82, 2.24) is 5.32 Å². The lowest BCUT2D eigenvalue weighted by Gasteiger charge is -2.36. The Bertz CT molecular complexity index is 337.